The second-order valence-corrected chi connectivity index (χ2v) is 6.46. The highest BCUT2D eigenvalue weighted by Crippen LogP contribution is 2.19. The molecule has 0 unspecified atom stereocenters. The predicted molar refractivity (Wildman–Crippen MR) is 89.1 cm³/mol. The number of hydrogen-bond donors (Lipinski definition) is 1. The Labute approximate surface area is 139 Å². The van der Waals surface area contributed by atoms with E-state index < -0.39 is 10.0 Å². The first-order chi connectivity index (χ1) is 11.6. The maximum atomic E-state index is 12.4. The number of methoxy groups -OCH3 is 1. The van der Waals surface area contributed by atoms with Crippen molar-refractivity contribution in [2.24, 2.45) is 0 Å². The van der Waals surface area contributed by atoms with Crippen LogP contribution in [-0.4, -0.2) is 30.5 Å². The fourth-order valence-corrected chi connectivity index (χ4v) is 2.90. The lowest BCUT2D eigenvalue weighted by atomic mass is 10.1. The van der Waals surface area contributed by atoms with Crippen LogP contribution in [0.15, 0.2) is 65.8 Å². The monoisotopic (exact) mass is 342 g/mol. The van der Waals surface area contributed by atoms with Crippen LogP contribution in [0.4, 0.5) is 5.95 Å². The number of anilines is 1. The Balaban J connectivity index is 1.87. The Morgan fingerprint density at radius 1 is 1.00 bits per heavy atom. The quantitative estimate of drug-likeness (QED) is 0.765. The maximum Gasteiger partial charge on any atom is 0.265 e. The molecule has 0 aliphatic rings. The molecule has 0 fully saturated rings. The number of nitrogens with zero attached hydrogens (tertiary/aromatic N) is 3. The third-order valence-electron chi connectivity index (χ3n) is 3.18. The number of ether oxygens (including phenoxy) is 1. The van der Waals surface area contributed by atoms with E-state index in [9.17, 15) is 8.42 Å². The summed E-state index contributed by atoms with van der Waals surface area (Å²) in [6.07, 6.45) is 2.71. The minimum absolute atomic E-state index is 0.00276. The number of pyridine rings is 1. The van der Waals surface area contributed by atoms with E-state index in [1.807, 2.05) is 30.3 Å². The number of benzene rings is 1. The van der Waals surface area contributed by atoms with Crippen molar-refractivity contribution in [3.05, 3.63) is 60.9 Å². The number of rotatable bonds is 5. The molecular weight excluding hydrogens is 328 g/mol. The van der Waals surface area contributed by atoms with Crippen molar-refractivity contribution in [1.82, 2.24) is 15.0 Å². The first kappa shape index (κ1) is 15.9. The molecule has 24 heavy (non-hydrogen) atoms. The standard InChI is InChI=1S/C16H14N4O3S/c1-23-15-8-7-13(11-18-15)24(21,22)20-16-17-10-9-14(19-16)12-5-3-2-4-6-12/h2-11H,1H3,(H,17,19,20). The third-order valence-corrected chi connectivity index (χ3v) is 4.49. The molecule has 0 saturated heterocycles. The van der Waals surface area contributed by atoms with Gasteiger partial charge in [-0.15, -0.1) is 0 Å². The number of nitrogens with one attached hydrogen (secondary N) is 1. The summed E-state index contributed by atoms with van der Waals surface area (Å²) in [5.41, 5.74) is 1.49. The normalized spacial score (nSPS) is 11.0. The largest absolute Gasteiger partial charge is 0.481 e. The van der Waals surface area contributed by atoms with Gasteiger partial charge in [-0.25, -0.2) is 28.1 Å². The molecule has 0 amide bonds. The summed E-state index contributed by atoms with van der Waals surface area (Å²) in [6.45, 7) is 0. The fraction of sp³-hybridized carbons (Fsp3) is 0.0625. The van der Waals surface area contributed by atoms with E-state index in [0.29, 0.717) is 11.6 Å². The Morgan fingerprint density at radius 2 is 1.79 bits per heavy atom. The van der Waals surface area contributed by atoms with Gasteiger partial charge in [0.15, 0.2) is 0 Å². The van der Waals surface area contributed by atoms with Crippen molar-refractivity contribution in [3.8, 4) is 17.1 Å². The molecular formula is C16H14N4O3S. The molecule has 1 aromatic carbocycles. The molecule has 8 heteroatoms. The first-order valence-electron chi connectivity index (χ1n) is 7.00. The van der Waals surface area contributed by atoms with E-state index in [1.165, 1.54) is 31.6 Å². The van der Waals surface area contributed by atoms with Gasteiger partial charge in [0.25, 0.3) is 10.0 Å². The van der Waals surface area contributed by atoms with Crippen LogP contribution in [0, 0.1) is 0 Å². The van der Waals surface area contributed by atoms with Crippen molar-refractivity contribution in [2.45, 2.75) is 4.90 Å². The van der Waals surface area contributed by atoms with Crippen molar-refractivity contribution in [2.75, 3.05) is 11.8 Å². The summed E-state index contributed by atoms with van der Waals surface area (Å²) in [7, 11) is -2.37. The molecule has 0 bridgehead atoms. The predicted octanol–water partition coefficient (Wildman–Crippen LogP) is 2.35. The zero-order valence-corrected chi connectivity index (χ0v) is 13.6. The molecule has 2 heterocycles. The highest BCUT2D eigenvalue weighted by Gasteiger charge is 2.16. The van der Waals surface area contributed by atoms with Crippen LogP contribution in [0.3, 0.4) is 0 Å². The number of hydrogen-bond acceptors (Lipinski definition) is 6. The van der Waals surface area contributed by atoms with Gasteiger partial charge in [0, 0.05) is 17.8 Å². The van der Waals surface area contributed by atoms with Gasteiger partial charge in [-0.1, -0.05) is 30.3 Å². The van der Waals surface area contributed by atoms with Gasteiger partial charge >= 0.3 is 0 Å². The van der Waals surface area contributed by atoms with Gasteiger partial charge in [0.2, 0.25) is 11.8 Å². The van der Waals surface area contributed by atoms with E-state index in [1.54, 1.807) is 6.07 Å². The van der Waals surface area contributed by atoms with E-state index in [4.69, 9.17) is 4.74 Å². The summed E-state index contributed by atoms with van der Waals surface area (Å²) >= 11 is 0. The van der Waals surface area contributed by atoms with Crippen LogP contribution in [0.25, 0.3) is 11.3 Å². The molecule has 0 saturated carbocycles. The van der Waals surface area contributed by atoms with Crippen LogP contribution in [0.1, 0.15) is 0 Å². The topological polar surface area (TPSA) is 94.1 Å². The van der Waals surface area contributed by atoms with Crippen molar-refractivity contribution in [3.63, 3.8) is 0 Å². The van der Waals surface area contributed by atoms with Crippen molar-refractivity contribution in [1.29, 1.82) is 0 Å². The van der Waals surface area contributed by atoms with Crippen LogP contribution in [0.2, 0.25) is 0 Å². The summed E-state index contributed by atoms with van der Waals surface area (Å²) in [5.74, 6) is 0.323. The minimum atomic E-state index is -3.83. The molecule has 122 valence electrons. The van der Waals surface area contributed by atoms with E-state index >= 15 is 0 Å². The molecule has 0 aliphatic heterocycles. The average molecular weight is 342 g/mol. The zero-order chi connectivity index (χ0) is 17.0. The van der Waals surface area contributed by atoms with Crippen LogP contribution >= 0.6 is 0 Å². The fourth-order valence-electron chi connectivity index (χ4n) is 2.00. The van der Waals surface area contributed by atoms with Crippen molar-refractivity contribution < 1.29 is 13.2 Å². The van der Waals surface area contributed by atoms with Crippen molar-refractivity contribution >= 4 is 16.0 Å². The van der Waals surface area contributed by atoms with Crippen LogP contribution in [-0.2, 0) is 10.0 Å². The second kappa shape index (κ2) is 6.63. The van der Waals surface area contributed by atoms with E-state index in [0.717, 1.165) is 5.56 Å². The van der Waals surface area contributed by atoms with Gasteiger partial charge in [-0.2, -0.15) is 0 Å². The van der Waals surface area contributed by atoms with E-state index in [2.05, 4.69) is 19.7 Å². The molecule has 3 rings (SSSR count). The summed E-state index contributed by atoms with van der Waals surface area (Å²) in [5, 5.41) is 0. The first-order valence-corrected chi connectivity index (χ1v) is 8.48. The maximum absolute atomic E-state index is 12.4. The summed E-state index contributed by atoms with van der Waals surface area (Å²) in [4.78, 5) is 12.1. The van der Waals surface area contributed by atoms with Crippen LogP contribution in [0.5, 0.6) is 5.88 Å². The van der Waals surface area contributed by atoms with Gasteiger partial charge in [-0.3, -0.25) is 0 Å². The summed E-state index contributed by atoms with van der Waals surface area (Å²) < 4.78 is 32.0. The lowest BCUT2D eigenvalue weighted by Crippen LogP contribution is -2.15. The average Bonchev–Trinajstić information content (AvgIpc) is 2.62. The number of sulfonamides is 1. The van der Waals surface area contributed by atoms with Gasteiger partial charge < -0.3 is 4.74 Å². The molecule has 1 N–H and O–H groups in total. The minimum Gasteiger partial charge on any atom is -0.481 e. The molecule has 0 spiro atoms. The van der Waals surface area contributed by atoms with Crippen LogP contribution < -0.4 is 9.46 Å². The smallest absolute Gasteiger partial charge is 0.265 e. The molecule has 2 aromatic heterocycles. The second-order valence-electron chi connectivity index (χ2n) is 4.77. The highest BCUT2D eigenvalue weighted by atomic mass is 32.2. The lowest BCUT2D eigenvalue weighted by molar-refractivity contribution is 0.397. The van der Waals surface area contributed by atoms with E-state index in [-0.39, 0.29) is 10.8 Å². The zero-order valence-electron chi connectivity index (χ0n) is 12.7. The number of aromatic nitrogens is 3. The Hall–Kier alpha value is -3.00. The third kappa shape index (κ3) is 3.49. The SMILES string of the molecule is COc1ccc(S(=O)(=O)Nc2nccc(-c3ccccc3)n2)cn1. The molecule has 0 aliphatic carbocycles. The molecule has 7 nitrogen and oxygen atoms in total. The molecule has 3 aromatic rings. The summed E-state index contributed by atoms with van der Waals surface area (Å²) in [6, 6.07) is 14.0. The molecule has 0 radical (unpaired) electrons. The highest BCUT2D eigenvalue weighted by molar-refractivity contribution is 7.92. The van der Waals surface area contributed by atoms with Gasteiger partial charge in [0.1, 0.15) is 4.90 Å². The van der Waals surface area contributed by atoms with Gasteiger partial charge in [-0.05, 0) is 12.1 Å². The lowest BCUT2D eigenvalue weighted by Gasteiger charge is -2.08. The Morgan fingerprint density at radius 3 is 2.46 bits per heavy atom. The van der Waals surface area contributed by atoms with Gasteiger partial charge in [0.05, 0.1) is 19.0 Å². The Bertz CT molecular complexity index is 929. The molecule has 0 atom stereocenters. The Kier molecular flexibility index (Phi) is 4.39.